The van der Waals surface area contributed by atoms with Crippen LogP contribution in [0, 0.1) is 5.82 Å². The number of rotatable bonds is 7. The summed E-state index contributed by atoms with van der Waals surface area (Å²) in [6.07, 6.45) is 0. The van der Waals surface area contributed by atoms with Crippen LogP contribution in [0.1, 0.15) is 16.7 Å². The van der Waals surface area contributed by atoms with Gasteiger partial charge in [-0.15, -0.1) is 12.4 Å². The molecular formula is C25H22Cl2FNO. The minimum atomic E-state index is -0.246. The zero-order valence-electron chi connectivity index (χ0n) is 16.3. The van der Waals surface area contributed by atoms with Crippen molar-refractivity contribution in [1.82, 2.24) is 5.32 Å². The van der Waals surface area contributed by atoms with Gasteiger partial charge in [0.15, 0.2) is 0 Å². The van der Waals surface area contributed by atoms with Crippen molar-refractivity contribution < 1.29 is 9.13 Å². The smallest absolute Gasteiger partial charge is 0.124 e. The Kier molecular flexibility index (Phi) is 7.69. The molecule has 5 heteroatoms. The fourth-order valence-electron chi connectivity index (χ4n) is 3.34. The standard InChI is InChI=1S/C25H21ClFNO.ClH/c26-24-8-4-2-6-20(24)15-28-16-23-22-7-3-1-5-19(22)11-14-25(23)29-17-18-9-12-21(27)13-10-18;/h1-14,28H,15-17H2;1H. The molecule has 0 aliphatic carbocycles. The van der Waals surface area contributed by atoms with Crippen molar-refractivity contribution in [2.45, 2.75) is 19.7 Å². The number of benzene rings is 4. The molecule has 0 atom stereocenters. The molecule has 154 valence electrons. The Morgan fingerprint density at radius 2 is 1.53 bits per heavy atom. The van der Waals surface area contributed by atoms with Crippen molar-refractivity contribution >= 4 is 34.8 Å². The molecule has 1 N–H and O–H groups in total. The molecule has 0 unspecified atom stereocenters. The quantitative estimate of drug-likeness (QED) is 0.335. The predicted octanol–water partition coefficient (Wildman–Crippen LogP) is 6.92. The van der Waals surface area contributed by atoms with E-state index in [1.165, 1.54) is 12.1 Å². The summed E-state index contributed by atoms with van der Waals surface area (Å²) in [6, 6.07) is 26.5. The van der Waals surface area contributed by atoms with Gasteiger partial charge in [-0.1, -0.05) is 72.3 Å². The van der Waals surface area contributed by atoms with Crippen LogP contribution >= 0.6 is 24.0 Å². The van der Waals surface area contributed by atoms with E-state index in [0.29, 0.717) is 19.7 Å². The summed E-state index contributed by atoms with van der Waals surface area (Å²) in [5.41, 5.74) is 3.08. The number of ether oxygens (including phenoxy) is 1. The van der Waals surface area contributed by atoms with Crippen molar-refractivity contribution in [2.24, 2.45) is 0 Å². The summed E-state index contributed by atoms with van der Waals surface area (Å²) >= 11 is 6.27. The van der Waals surface area contributed by atoms with Gasteiger partial charge in [-0.25, -0.2) is 4.39 Å². The van der Waals surface area contributed by atoms with E-state index in [1.54, 1.807) is 12.1 Å². The van der Waals surface area contributed by atoms with Crippen molar-refractivity contribution in [3.05, 3.63) is 112 Å². The minimum absolute atomic E-state index is 0. The van der Waals surface area contributed by atoms with Crippen molar-refractivity contribution in [1.29, 1.82) is 0 Å². The van der Waals surface area contributed by atoms with Gasteiger partial charge in [0.2, 0.25) is 0 Å². The highest BCUT2D eigenvalue weighted by molar-refractivity contribution is 6.31. The van der Waals surface area contributed by atoms with Crippen LogP contribution in [0.15, 0.2) is 84.9 Å². The third kappa shape index (κ3) is 5.31. The average molecular weight is 442 g/mol. The average Bonchev–Trinajstić information content (AvgIpc) is 2.75. The third-order valence-corrected chi connectivity index (χ3v) is 5.25. The molecule has 0 aliphatic heterocycles. The molecule has 0 aromatic heterocycles. The number of hydrogen-bond acceptors (Lipinski definition) is 2. The molecule has 30 heavy (non-hydrogen) atoms. The van der Waals surface area contributed by atoms with Gasteiger partial charge in [0.05, 0.1) is 0 Å². The van der Waals surface area contributed by atoms with Gasteiger partial charge in [0.25, 0.3) is 0 Å². The number of fused-ring (bicyclic) bond motifs is 1. The maximum absolute atomic E-state index is 13.1. The van der Waals surface area contributed by atoms with E-state index >= 15 is 0 Å². The first-order valence-electron chi connectivity index (χ1n) is 9.53. The summed E-state index contributed by atoms with van der Waals surface area (Å²) in [5.74, 6) is 0.573. The summed E-state index contributed by atoms with van der Waals surface area (Å²) in [5, 5.41) is 6.55. The summed E-state index contributed by atoms with van der Waals surface area (Å²) in [6.45, 7) is 1.70. The lowest BCUT2D eigenvalue weighted by molar-refractivity contribution is 0.302. The van der Waals surface area contributed by atoms with Gasteiger partial charge >= 0.3 is 0 Å². The molecule has 4 aromatic carbocycles. The Labute approximate surface area is 187 Å². The van der Waals surface area contributed by atoms with Gasteiger partial charge in [-0.2, -0.15) is 0 Å². The predicted molar refractivity (Wildman–Crippen MR) is 124 cm³/mol. The van der Waals surface area contributed by atoms with E-state index in [1.807, 2.05) is 42.5 Å². The van der Waals surface area contributed by atoms with Gasteiger partial charge in [-0.3, -0.25) is 0 Å². The van der Waals surface area contributed by atoms with Crippen LogP contribution in [-0.4, -0.2) is 0 Å². The van der Waals surface area contributed by atoms with Crippen LogP contribution in [-0.2, 0) is 19.7 Å². The van der Waals surface area contributed by atoms with Crippen LogP contribution < -0.4 is 10.1 Å². The lowest BCUT2D eigenvalue weighted by Gasteiger charge is -2.15. The largest absolute Gasteiger partial charge is 0.489 e. The fraction of sp³-hybridized carbons (Fsp3) is 0.120. The first-order valence-corrected chi connectivity index (χ1v) is 9.90. The Morgan fingerprint density at radius 3 is 2.33 bits per heavy atom. The zero-order chi connectivity index (χ0) is 20.1. The molecule has 0 spiro atoms. The first-order chi connectivity index (χ1) is 14.2. The number of halogens is 3. The summed E-state index contributed by atoms with van der Waals surface area (Å²) in [4.78, 5) is 0. The Morgan fingerprint density at radius 1 is 0.800 bits per heavy atom. The number of hydrogen-bond donors (Lipinski definition) is 1. The molecular weight excluding hydrogens is 420 g/mol. The second kappa shape index (κ2) is 10.4. The van der Waals surface area contributed by atoms with E-state index in [0.717, 1.165) is 38.2 Å². The SMILES string of the molecule is Cl.Fc1ccc(COc2ccc3ccccc3c2CNCc2ccccc2Cl)cc1. The van der Waals surface area contributed by atoms with E-state index in [4.69, 9.17) is 16.3 Å². The van der Waals surface area contributed by atoms with Gasteiger partial charge in [0, 0.05) is 23.7 Å². The summed E-state index contributed by atoms with van der Waals surface area (Å²) < 4.78 is 19.2. The Hall–Kier alpha value is -2.59. The van der Waals surface area contributed by atoms with Gasteiger partial charge < -0.3 is 10.1 Å². The Balaban J connectivity index is 0.00000256. The van der Waals surface area contributed by atoms with Crippen LogP contribution in [0.5, 0.6) is 5.75 Å². The second-order valence-corrected chi connectivity index (χ2v) is 7.28. The first kappa shape index (κ1) is 22.1. The molecule has 0 saturated carbocycles. The molecule has 0 bridgehead atoms. The van der Waals surface area contributed by atoms with Crippen molar-refractivity contribution in [3.8, 4) is 5.75 Å². The minimum Gasteiger partial charge on any atom is -0.489 e. The Bertz CT molecular complexity index is 1120. The molecule has 0 saturated heterocycles. The highest BCUT2D eigenvalue weighted by Gasteiger charge is 2.10. The lowest BCUT2D eigenvalue weighted by atomic mass is 10.0. The van der Waals surface area contributed by atoms with Crippen LogP contribution in [0.3, 0.4) is 0 Å². The highest BCUT2D eigenvalue weighted by Crippen LogP contribution is 2.29. The maximum atomic E-state index is 13.1. The number of nitrogens with one attached hydrogen (secondary N) is 1. The van der Waals surface area contributed by atoms with E-state index < -0.39 is 0 Å². The zero-order valence-corrected chi connectivity index (χ0v) is 17.8. The fourth-order valence-corrected chi connectivity index (χ4v) is 3.54. The van der Waals surface area contributed by atoms with Gasteiger partial charge in [0.1, 0.15) is 18.2 Å². The maximum Gasteiger partial charge on any atom is 0.124 e. The van der Waals surface area contributed by atoms with Crippen LogP contribution in [0.2, 0.25) is 5.02 Å². The monoisotopic (exact) mass is 441 g/mol. The van der Waals surface area contributed by atoms with Gasteiger partial charge in [-0.05, 0) is 46.2 Å². The molecule has 2 nitrogen and oxygen atoms in total. The van der Waals surface area contributed by atoms with E-state index in [-0.39, 0.29) is 18.2 Å². The molecule has 0 aliphatic rings. The van der Waals surface area contributed by atoms with Crippen molar-refractivity contribution in [3.63, 3.8) is 0 Å². The van der Waals surface area contributed by atoms with E-state index in [9.17, 15) is 4.39 Å². The molecule has 0 fully saturated rings. The topological polar surface area (TPSA) is 21.3 Å². The molecule has 0 heterocycles. The van der Waals surface area contributed by atoms with E-state index in [2.05, 4.69) is 23.5 Å². The molecule has 0 amide bonds. The normalized spacial score (nSPS) is 10.6. The second-order valence-electron chi connectivity index (χ2n) is 6.87. The summed E-state index contributed by atoms with van der Waals surface area (Å²) in [7, 11) is 0. The molecule has 0 radical (unpaired) electrons. The molecule has 4 rings (SSSR count). The van der Waals surface area contributed by atoms with Crippen LogP contribution in [0.25, 0.3) is 10.8 Å². The lowest BCUT2D eigenvalue weighted by Crippen LogP contribution is -2.14. The third-order valence-electron chi connectivity index (χ3n) is 4.88. The molecule has 4 aromatic rings. The van der Waals surface area contributed by atoms with Crippen LogP contribution in [0.4, 0.5) is 4.39 Å². The van der Waals surface area contributed by atoms with Crippen molar-refractivity contribution in [2.75, 3.05) is 0 Å². The highest BCUT2D eigenvalue weighted by atomic mass is 35.5.